The highest BCUT2D eigenvalue weighted by atomic mass is 19.1. The van der Waals surface area contributed by atoms with Crippen LogP contribution in [0.2, 0.25) is 0 Å². The third kappa shape index (κ3) is 4.11. The van der Waals surface area contributed by atoms with Crippen LogP contribution < -0.4 is 10.9 Å². The van der Waals surface area contributed by atoms with Gasteiger partial charge in [-0.2, -0.15) is 0 Å². The molecule has 0 bridgehead atoms. The molecule has 3 rings (SSSR count). The average Bonchev–Trinajstić information content (AvgIpc) is 2.62. The first kappa shape index (κ1) is 18.5. The van der Waals surface area contributed by atoms with Crippen molar-refractivity contribution < 1.29 is 13.6 Å². The molecular formula is C21H18F2N2O2. The standard InChI is InChI=1S/C21H18F2N2O2/c1-13-5-6-14(2)15(10-13)12-25-9-3-4-17(21(25)27)20(26)24-19-8-7-16(22)11-18(19)23/h3-11H,12H2,1-2H3,(H,24,26). The second kappa shape index (κ2) is 7.53. The normalized spacial score (nSPS) is 10.7. The Morgan fingerprint density at radius 1 is 1.07 bits per heavy atom. The molecule has 0 radical (unpaired) electrons. The number of anilines is 1. The van der Waals surface area contributed by atoms with Crippen LogP contribution in [0.5, 0.6) is 0 Å². The van der Waals surface area contributed by atoms with E-state index in [-0.39, 0.29) is 11.3 Å². The van der Waals surface area contributed by atoms with Crippen LogP contribution in [0.25, 0.3) is 0 Å². The fraction of sp³-hybridized carbons (Fsp3) is 0.143. The maximum atomic E-state index is 13.7. The monoisotopic (exact) mass is 368 g/mol. The van der Waals surface area contributed by atoms with Crippen LogP contribution in [0.1, 0.15) is 27.0 Å². The molecule has 2 aromatic carbocycles. The van der Waals surface area contributed by atoms with E-state index < -0.39 is 23.1 Å². The van der Waals surface area contributed by atoms with Gasteiger partial charge in [-0.05, 0) is 49.2 Å². The summed E-state index contributed by atoms with van der Waals surface area (Å²) < 4.78 is 28.2. The number of carbonyl (C=O) groups is 1. The van der Waals surface area contributed by atoms with E-state index in [0.29, 0.717) is 12.6 Å². The first-order chi connectivity index (χ1) is 12.8. The smallest absolute Gasteiger partial charge is 0.263 e. The van der Waals surface area contributed by atoms with Crippen molar-refractivity contribution in [3.8, 4) is 0 Å². The Bertz CT molecular complexity index is 1070. The second-order valence-corrected chi connectivity index (χ2v) is 6.36. The Balaban J connectivity index is 1.89. The molecule has 3 aromatic rings. The molecule has 0 aliphatic carbocycles. The van der Waals surface area contributed by atoms with Gasteiger partial charge in [-0.15, -0.1) is 0 Å². The Kier molecular flexibility index (Phi) is 5.16. The highest BCUT2D eigenvalue weighted by Crippen LogP contribution is 2.16. The van der Waals surface area contributed by atoms with Gasteiger partial charge >= 0.3 is 0 Å². The number of benzene rings is 2. The van der Waals surface area contributed by atoms with Gasteiger partial charge in [-0.3, -0.25) is 9.59 Å². The van der Waals surface area contributed by atoms with Crippen molar-refractivity contribution >= 4 is 11.6 Å². The van der Waals surface area contributed by atoms with Gasteiger partial charge in [0.2, 0.25) is 0 Å². The van der Waals surface area contributed by atoms with Gasteiger partial charge in [0.1, 0.15) is 17.2 Å². The summed E-state index contributed by atoms with van der Waals surface area (Å²) in [5, 5.41) is 2.31. The van der Waals surface area contributed by atoms with E-state index in [9.17, 15) is 18.4 Å². The molecule has 0 saturated heterocycles. The second-order valence-electron chi connectivity index (χ2n) is 6.36. The van der Waals surface area contributed by atoms with Crippen molar-refractivity contribution in [2.75, 3.05) is 5.32 Å². The maximum Gasteiger partial charge on any atom is 0.263 e. The molecule has 27 heavy (non-hydrogen) atoms. The number of hydrogen-bond acceptors (Lipinski definition) is 2. The zero-order valence-electron chi connectivity index (χ0n) is 14.9. The number of rotatable bonds is 4. The van der Waals surface area contributed by atoms with Crippen LogP contribution >= 0.6 is 0 Å². The predicted octanol–water partition coefficient (Wildman–Crippen LogP) is 4.04. The van der Waals surface area contributed by atoms with Crippen molar-refractivity contribution in [2.45, 2.75) is 20.4 Å². The topological polar surface area (TPSA) is 51.1 Å². The van der Waals surface area contributed by atoms with Gasteiger partial charge in [0, 0.05) is 12.3 Å². The van der Waals surface area contributed by atoms with Gasteiger partial charge in [-0.25, -0.2) is 8.78 Å². The van der Waals surface area contributed by atoms with Crippen molar-refractivity contribution in [2.24, 2.45) is 0 Å². The molecule has 0 saturated carbocycles. The van der Waals surface area contributed by atoms with Gasteiger partial charge in [0.25, 0.3) is 11.5 Å². The van der Waals surface area contributed by atoms with E-state index in [0.717, 1.165) is 28.8 Å². The zero-order valence-corrected chi connectivity index (χ0v) is 14.9. The van der Waals surface area contributed by atoms with Gasteiger partial charge < -0.3 is 9.88 Å². The third-order valence-electron chi connectivity index (χ3n) is 4.29. The first-order valence-electron chi connectivity index (χ1n) is 8.37. The highest BCUT2D eigenvalue weighted by molar-refractivity contribution is 6.04. The number of pyridine rings is 1. The molecule has 4 nitrogen and oxygen atoms in total. The lowest BCUT2D eigenvalue weighted by Gasteiger charge is -2.11. The van der Waals surface area contributed by atoms with Gasteiger partial charge in [0.15, 0.2) is 0 Å². The molecule has 138 valence electrons. The molecular weight excluding hydrogens is 350 g/mol. The fourth-order valence-electron chi connectivity index (χ4n) is 2.77. The first-order valence-corrected chi connectivity index (χ1v) is 8.37. The minimum atomic E-state index is -0.907. The lowest BCUT2D eigenvalue weighted by atomic mass is 10.1. The summed E-state index contributed by atoms with van der Waals surface area (Å²) in [6, 6.07) is 11.7. The van der Waals surface area contributed by atoms with E-state index in [1.165, 1.54) is 10.6 Å². The highest BCUT2D eigenvalue weighted by Gasteiger charge is 2.15. The van der Waals surface area contributed by atoms with Crippen LogP contribution in [-0.2, 0) is 6.54 Å². The molecule has 0 unspecified atom stereocenters. The summed E-state index contributed by atoms with van der Waals surface area (Å²) in [4.78, 5) is 25.1. The predicted molar refractivity (Wildman–Crippen MR) is 100 cm³/mol. The molecule has 1 aromatic heterocycles. The summed E-state index contributed by atoms with van der Waals surface area (Å²) in [6.07, 6.45) is 1.60. The Morgan fingerprint density at radius 3 is 2.59 bits per heavy atom. The number of carbonyl (C=O) groups excluding carboxylic acids is 1. The van der Waals surface area contributed by atoms with Crippen molar-refractivity contribution in [1.82, 2.24) is 4.57 Å². The summed E-state index contributed by atoms with van der Waals surface area (Å²) in [6.45, 7) is 4.23. The largest absolute Gasteiger partial charge is 0.319 e. The number of halogens is 2. The summed E-state index contributed by atoms with van der Waals surface area (Å²) >= 11 is 0. The summed E-state index contributed by atoms with van der Waals surface area (Å²) in [7, 11) is 0. The Hall–Kier alpha value is -3.28. The van der Waals surface area contributed by atoms with E-state index in [1.807, 2.05) is 32.0 Å². The molecule has 0 spiro atoms. The van der Waals surface area contributed by atoms with Gasteiger partial charge in [0.05, 0.1) is 12.2 Å². The van der Waals surface area contributed by atoms with E-state index in [4.69, 9.17) is 0 Å². The zero-order chi connectivity index (χ0) is 19.6. The van der Waals surface area contributed by atoms with Crippen molar-refractivity contribution in [1.29, 1.82) is 0 Å². The van der Waals surface area contributed by atoms with Crippen LogP contribution in [0.3, 0.4) is 0 Å². The quantitative estimate of drug-likeness (QED) is 0.756. The fourth-order valence-corrected chi connectivity index (χ4v) is 2.77. The van der Waals surface area contributed by atoms with Crippen molar-refractivity contribution in [3.63, 3.8) is 0 Å². The van der Waals surface area contributed by atoms with Crippen LogP contribution in [0.4, 0.5) is 14.5 Å². The van der Waals surface area contributed by atoms with Gasteiger partial charge in [-0.1, -0.05) is 23.8 Å². The van der Waals surface area contributed by atoms with Crippen LogP contribution in [0, 0.1) is 25.5 Å². The molecule has 1 amide bonds. The number of amides is 1. The van der Waals surface area contributed by atoms with Crippen LogP contribution in [-0.4, -0.2) is 10.5 Å². The molecule has 0 aliphatic heterocycles. The van der Waals surface area contributed by atoms with E-state index in [2.05, 4.69) is 5.32 Å². The lowest BCUT2D eigenvalue weighted by molar-refractivity contribution is 0.102. The third-order valence-corrected chi connectivity index (χ3v) is 4.29. The number of nitrogens with zero attached hydrogens (tertiary/aromatic N) is 1. The molecule has 0 fully saturated rings. The molecule has 1 heterocycles. The molecule has 1 N–H and O–H groups in total. The number of aromatic nitrogens is 1. The number of nitrogens with one attached hydrogen (secondary N) is 1. The molecule has 0 atom stereocenters. The summed E-state index contributed by atoms with van der Waals surface area (Å²) in [5.41, 5.74) is 2.29. The molecule has 6 heteroatoms. The van der Waals surface area contributed by atoms with Crippen LogP contribution in [0.15, 0.2) is 59.5 Å². The minimum Gasteiger partial charge on any atom is -0.319 e. The van der Waals surface area contributed by atoms with E-state index in [1.54, 1.807) is 12.3 Å². The van der Waals surface area contributed by atoms with E-state index >= 15 is 0 Å². The average molecular weight is 368 g/mol. The minimum absolute atomic E-state index is 0.119. The van der Waals surface area contributed by atoms with Crippen molar-refractivity contribution in [3.05, 3.63) is 99.0 Å². The molecule has 0 aliphatic rings. The number of hydrogen-bond donors (Lipinski definition) is 1. The maximum absolute atomic E-state index is 13.7. The summed E-state index contributed by atoms with van der Waals surface area (Å²) in [5.74, 6) is -2.41. The Labute approximate surface area is 155 Å². The number of aryl methyl sites for hydroxylation is 2. The Morgan fingerprint density at radius 2 is 1.85 bits per heavy atom. The SMILES string of the molecule is Cc1ccc(C)c(Cn2cccc(C(=O)Nc3ccc(F)cc3F)c2=O)c1. The lowest BCUT2D eigenvalue weighted by Crippen LogP contribution is -2.29.